The first-order valence-corrected chi connectivity index (χ1v) is 8.55. The summed E-state index contributed by atoms with van der Waals surface area (Å²) in [4.78, 5) is 10.9. The van der Waals surface area contributed by atoms with Crippen LogP contribution in [0, 0.1) is 0 Å². The molecule has 0 fully saturated rings. The topological polar surface area (TPSA) is 67.1 Å². The van der Waals surface area contributed by atoms with Crippen molar-refractivity contribution < 1.29 is 4.79 Å². The zero-order chi connectivity index (χ0) is 18.6. The number of para-hydroxylation sites is 1. The summed E-state index contributed by atoms with van der Waals surface area (Å²) < 4.78 is 0. The van der Waals surface area contributed by atoms with Crippen LogP contribution in [0.15, 0.2) is 84.9 Å². The molecule has 0 radical (unpaired) electrons. The molecule has 0 saturated heterocycles. The molecule has 134 valence electrons. The number of primary amides is 1. The van der Waals surface area contributed by atoms with E-state index < -0.39 is 5.91 Å². The molecule has 3 rings (SSSR count). The maximum Gasteiger partial charge on any atom is 0.248 e. The van der Waals surface area contributed by atoms with Crippen LogP contribution in [0.5, 0.6) is 0 Å². The minimum absolute atomic E-state index is 0.390. The zero-order valence-corrected chi connectivity index (χ0v) is 15.0. The fraction of sp³-hybridized carbons (Fsp3) is 0.136. The van der Waals surface area contributed by atoms with Gasteiger partial charge in [0.2, 0.25) is 5.91 Å². The van der Waals surface area contributed by atoms with Crippen molar-refractivity contribution in [2.45, 2.75) is 13.1 Å². The van der Waals surface area contributed by atoms with Gasteiger partial charge in [-0.25, -0.2) is 0 Å². The van der Waals surface area contributed by atoms with Gasteiger partial charge in [-0.2, -0.15) is 0 Å². The summed E-state index contributed by atoms with van der Waals surface area (Å²) in [6.45, 7) is 1.60. The smallest absolute Gasteiger partial charge is 0.248 e. The molecule has 4 N–H and O–H groups in total. The Balaban J connectivity index is 0.000000254. The van der Waals surface area contributed by atoms with E-state index in [1.807, 2.05) is 67.7 Å². The lowest BCUT2D eigenvalue weighted by atomic mass is 10.1. The molecule has 0 unspecified atom stereocenters. The molecule has 0 aromatic heterocycles. The van der Waals surface area contributed by atoms with Crippen LogP contribution in [0.1, 0.15) is 21.5 Å². The molecule has 0 atom stereocenters. The molecule has 1 amide bonds. The quantitative estimate of drug-likeness (QED) is 0.635. The normalized spacial score (nSPS) is 9.73. The van der Waals surface area contributed by atoms with Gasteiger partial charge in [-0.1, -0.05) is 60.7 Å². The van der Waals surface area contributed by atoms with Gasteiger partial charge in [-0.3, -0.25) is 4.79 Å². The summed E-state index contributed by atoms with van der Waals surface area (Å²) in [6.07, 6.45) is 0. The van der Waals surface area contributed by atoms with Crippen LogP contribution in [0.4, 0.5) is 5.69 Å². The van der Waals surface area contributed by atoms with Crippen LogP contribution in [-0.2, 0) is 13.1 Å². The molecule has 0 aliphatic heterocycles. The van der Waals surface area contributed by atoms with Crippen LogP contribution >= 0.6 is 0 Å². The third kappa shape index (κ3) is 6.79. The lowest BCUT2D eigenvalue weighted by Gasteiger charge is -2.05. The summed E-state index contributed by atoms with van der Waals surface area (Å²) in [5, 5.41) is 6.38. The van der Waals surface area contributed by atoms with Crippen LogP contribution in [-0.4, -0.2) is 13.0 Å². The van der Waals surface area contributed by atoms with E-state index >= 15 is 0 Å². The van der Waals surface area contributed by atoms with Gasteiger partial charge in [0.1, 0.15) is 0 Å². The molecule has 0 aliphatic carbocycles. The van der Waals surface area contributed by atoms with Crippen molar-refractivity contribution in [2.75, 3.05) is 12.4 Å². The van der Waals surface area contributed by atoms with Gasteiger partial charge in [0.15, 0.2) is 0 Å². The van der Waals surface area contributed by atoms with Gasteiger partial charge < -0.3 is 16.4 Å². The van der Waals surface area contributed by atoms with E-state index in [1.54, 1.807) is 12.1 Å². The molecule has 0 bridgehead atoms. The third-order valence-corrected chi connectivity index (χ3v) is 3.80. The van der Waals surface area contributed by atoms with Gasteiger partial charge in [0.05, 0.1) is 0 Å². The molecule has 3 aromatic carbocycles. The number of benzene rings is 3. The van der Waals surface area contributed by atoms with Crippen molar-refractivity contribution in [1.29, 1.82) is 0 Å². The first-order valence-electron chi connectivity index (χ1n) is 8.55. The molecule has 4 nitrogen and oxygen atoms in total. The second-order valence-electron chi connectivity index (χ2n) is 5.77. The molecule has 0 heterocycles. The van der Waals surface area contributed by atoms with Crippen LogP contribution in [0.2, 0.25) is 0 Å². The maximum atomic E-state index is 10.9. The first-order chi connectivity index (χ1) is 12.7. The molecule has 0 aliphatic rings. The number of hydrogen-bond donors (Lipinski definition) is 3. The SMILES string of the molecule is CNc1ccccc1.NC(=O)c1ccc(CNCc2ccccc2)cc1. The highest BCUT2D eigenvalue weighted by Crippen LogP contribution is 2.04. The number of amides is 1. The average molecular weight is 347 g/mol. The minimum atomic E-state index is -0.390. The second-order valence-corrected chi connectivity index (χ2v) is 5.77. The fourth-order valence-electron chi connectivity index (χ4n) is 2.34. The van der Waals surface area contributed by atoms with E-state index in [9.17, 15) is 4.79 Å². The Bertz CT molecular complexity index is 772. The van der Waals surface area contributed by atoms with Gasteiger partial charge >= 0.3 is 0 Å². The van der Waals surface area contributed by atoms with Crippen LogP contribution < -0.4 is 16.4 Å². The summed E-state index contributed by atoms with van der Waals surface area (Å²) in [6, 6.07) is 27.6. The number of nitrogens with one attached hydrogen (secondary N) is 2. The van der Waals surface area contributed by atoms with Crippen molar-refractivity contribution in [3.63, 3.8) is 0 Å². The number of nitrogens with two attached hydrogens (primary N) is 1. The van der Waals surface area contributed by atoms with Crippen molar-refractivity contribution in [3.8, 4) is 0 Å². The number of carbonyl (C=O) groups excluding carboxylic acids is 1. The standard InChI is InChI=1S/C15H16N2O.C7H9N/c16-15(18)14-8-6-13(7-9-14)11-17-10-12-4-2-1-3-5-12;1-8-7-5-3-2-4-6-7/h1-9,17H,10-11H2,(H2,16,18);2-6,8H,1H3. The molecule has 0 saturated carbocycles. The van der Waals surface area contributed by atoms with Gasteiger partial charge in [-0.15, -0.1) is 0 Å². The molecular formula is C22H25N3O. The predicted molar refractivity (Wildman–Crippen MR) is 108 cm³/mol. The summed E-state index contributed by atoms with van der Waals surface area (Å²) in [5.41, 5.74) is 9.28. The van der Waals surface area contributed by atoms with Crippen molar-refractivity contribution in [1.82, 2.24) is 5.32 Å². The Morgan fingerprint density at radius 1 is 0.769 bits per heavy atom. The highest BCUT2D eigenvalue weighted by atomic mass is 16.1. The minimum Gasteiger partial charge on any atom is -0.388 e. The lowest BCUT2D eigenvalue weighted by molar-refractivity contribution is 0.100. The van der Waals surface area contributed by atoms with Crippen LogP contribution in [0.25, 0.3) is 0 Å². The Morgan fingerprint density at radius 2 is 1.27 bits per heavy atom. The maximum absolute atomic E-state index is 10.9. The largest absolute Gasteiger partial charge is 0.388 e. The second kappa shape index (κ2) is 10.7. The van der Waals surface area contributed by atoms with Gasteiger partial charge in [0, 0.05) is 31.4 Å². The monoisotopic (exact) mass is 347 g/mol. The number of hydrogen-bond acceptors (Lipinski definition) is 3. The Morgan fingerprint density at radius 3 is 1.73 bits per heavy atom. The highest BCUT2D eigenvalue weighted by Gasteiger charge is 1.99. The Labute approximate surface area is 155 Å². The van der Waals surface area contributed by atoms with E-state index in [-0.39, 0.29) is 0 Å². The van der Waals surface area contributed by atoms with E-state index in [2.05, 4.69) is 22.8 Å². The molecule has 4 heteroatoms. The molecule has 3 aromatic rings. The summed E-state index contributed by atoms with van der Waals surface area (Å²) >= 11 is 0. The van der Waals surface area contributed by atoms with E-state index in [0.29, 0.717) is 5.56 Å². The molecule has 0 spiro atoms. The first kappa shape index (κ1) is 19.2. The van der Waals surface area contributed by atoms with E-state index in [4.69, 9.17) is 5.73 Å². The Hall–Kier alpha value is -3.11. The van der Waals surface area contributed by atoms with Crippen molar-refractivity contribution in [3.05, 3.63) is 102 Å². The van der Waals surface area contributed by atoms with Crippen molar-refractivity contribution >= 4 is 11.6 Å². The van der Waals surface area contributed by atoms with Crippen LogP contribution in [0.3, 0.4) is 0 Å². The number of anilines is 1. The lowest BCUT2D eigenvalue weighted by Crippen LogP contribution is -2.13. The van der Waals surface area contributed by atoms with Crippen molar-refractivity contribution in [2.24, 2.45) is 5.73 Å². The summed E-state index contributed by atoms with van der Waals surface area (Å²) in [7, 11) is 1.91. The third-order valence-electron chi connectivity index (χ3n) is 3.80. The molecular weight excluding hydrogens is 322 g/mol. The Kier molecular flexibility index (Phi) is 7.90. The van der Waals surface area contributed by atoms with E-state index in [1.165, 1.54) is 5.56 Å². The van der Waals surface area contributed by atoms with E-state index in [0.717, 1.165) is 24.3 Å². The number of rotatable bonds is 6. The highest BCUT2D eigenvalue weighted by molar-refractivity contribution is 5.92. The van der Waals surface area contributed by atoms with Gasteiger partial charge in [0.25, 0.3) is 0 Å². The molecule has 26 heavy (non-hydrogen) atoms. The average Bonchev–Trinajstić information content (AvgIpc) is 2.70. The van der Waals surface area contributed by atoms with Gasteiger partial charge in [-0.05, 0) is 35.4 Å². The predicted octanol–water partition coefficient (Wildman–Crippen LogP) is 3.80. The summed E-state index contributed by atoms with van der Waals surface area (Å²) in [5.74, 6) is -0.390. The zero-order valence-electron chi connectivity index (χ0n) is 15.0. The fourth-order valence-corrected chi connectivity index (χ4v) is 2.34. The number of carbonyl (C=O) groups is 1.